The summed E-state index contributed by atoms with van der Waals surface area (Å²) in [5.74, 6) is 1.53. The van der Waals surface area contributed by atoms with Crippen molar-refractivity contribution in [3.05, 3.63) is 42.5 Å². The molecule has 0 fully saturated rings. The van der Waals surface area contributed by atoms with Gasteiger partial charge in [-0.15, -0.1) is 24.0 Å². The highest BCUT2D eigenvalue weighted by atomic mass is 127. The van der Waals surface area contributed by atoms with Gasteiger partial charge in [-0.05, 0) is 29.3 Å². The Kier molecular flexibility index (Phi) is 9.71. The molecule has 144 valence electrons. The third-order valence-electron chi connectivity index (χ3n) is 3.59. The largest absolute Gasteiger partial charge is 0.494 e. The highest BCUT2D eigenvalue weighted by molar-refractivity contribution is 14.0. The molecule has 2 aromatic carbocycles. The van der Waals surface area contributed by atoms with E-state index in [4.69, 9.17) is 4.74 Å². The average molecular weight is 491 g/mol. The molecule has 2 aromatic rings. The number of nitrogens with one attached hydrogen (secondary N) is 2. The first-order valence-electron chi connectivity index (χ1n) is 8.22. The van der Waals surface area contributed by atoms with Crippen molar-refractivity contribution in [2.24, 2.45) is 4.99 Å². The number of guanidine groups is 1. The van der Waals surface area contributed by atoms with Gasteiger partial charge in [0.15, 0.2) is 5.96 Å². The van der Waals surface area contributed by atoms with Gasteiger partial charge in [0.2, 0.25) is 0 Å². The van der Waals surface area contributed by atoms with Crippen LogP contribution in [-0.2, 0) is 9.84 Å². The second kappa shape index (κ2) is 11.2. The second-order valence-corrected chi connectivity index (χ2v) is 8.03. The first-order chi connectivity index (χ1) is 12.0. The summed E-state index contributed by atoms with van der Waals surface area (Å²) in [5.41, 5.74) is 0. The van der Waals surface area contributed by atoms with Crippen LogP contribution in [0.5, 0.6) is 5.75 Å². The summed E-state index contributed by atoms with van der Waals surface area (Å²) >= 11 is 0. The van der Waals surface area contributed by atoms with E-state index in [1.807, 2.05) is 24.3 Å². The summed E-state index contributed by atoms with van der Waals surface area (Å²) < 4.78 is 28.0. The lowest BCUT2D eigenvalue weighted by Crippen LogP contribution is -2.40. The van der Waals surface area contributed by atoms with Gasteiger partial charge >= 0.3 is 0 Å². The molecule has 0 unspecified atom stereocenters. The zero-order valence-corrected chi connectivity index (χ0v) is 18.2. The normalized spacial score (nSPS) is 11.7. The Morgan fingerprint density at radius 3 is 2.46 bits per heavy atom. The van der Waals surface area contributed by atoms with Gasteiger partial charge in [-0.25, -0.2) is 8.42 Å². The fourth-order valence-electron chi connectivity index (χ4n) is 2.30. The van der Waals surface area contributed by atoms with Crippen LogP contribution in [-0.4, -0.2) is 53.1 Å². The number of benzene rings is 2. The lowest BCUT2D eigenvalue weighted by atomic mass is 10.1. The molecule has 0 amide bonds. The molecule has 0 aliphatic rings. The molecule has 0 spiro atoms. The third-order valence-corrected chi connectivity index (χ3v) is 4.54. The van der Waals surface area contributed by atoms with E-state index in [2.05, 4.69) is 33.8 Å². The summed E-state index contributed by atoms with van der Waals surface area (Å²) in [4.78, 5) is 4.06. The van der Waals surface area contributed by atoms with E-state index in [0.29, 0.717) is 25.7 Å². The minimum Gasteiger partial charge on any atom is -0.494 e. The van der Waals surface area contributed by atoms with E-state index in [-0.39, 0.29) is 29.7 Å². The Morgan fingerprint density at radius 1 is 1.08 bits per heavy atom. The number of hydrogen-bond acceptors (Lipinski definition) is 4. The van der Waals surface area contributed by atoms with Crippen molar-refractivity contribution in [2.75, 3.05) is 38.8 Å². The van der Waals surface area contributed by atoms with Crippen molar-refractivity contribution in [1.29, 1.82) is 0 Å². The number of hydrogen-bond donors (Lipinski definition) is 2. The highest BCUT2D eigenvalue weighted by Crippen LogP contribution is 2.20. The first kappa shape index (κ1) is 22.5. The van der Waals surface area contributed by atoms with Gasteiger partial charge in [0.25, 0.3) is 0 Å². The molecule has 6 nitrogen and oxygen atoms in total. The average Bonchev–Trinajstić information content (AvgIpc) is 2.58. The van der Waals surface area contributed by atoms with Crippen LogP contribution in [0.2, 0.25) is 0 Å². The summed E-state index contributed by atoms with van der Waals surface area (Å²) in [7, 11) is -1.31. The fraction of sp³-hybridized carbons (Fsp3) is 0.389. The molecule has 26 heavy (non-hydrogen) atoms. The van der Waals surface area contributed by atoms with E-state index in [1.54, 1.807) is 7.05 Å². The standard InChI is InChI=1S/C18H25N3O3S.HI/c1-19-18(21-11-13-25(2,22)23)20-10-5-12-24-17-9-8-15-6-3-4-7-16(15)14-17;/h3-4,6-9,14H,5,10-13H2,1-2H3,(H2,19,20,21);1H. The lowest BCUT2D eigenvalue weighted by molar-refractivity contribution is 0.311. The Labute approximate surface area is 172 Å². The molecule has 0 atom stereocenters. The number of rotatable bonds is 8. The van der Waals surface area contributed by atoms with Crippen LogP contribution in [0, 0.1) is 0 Å². The molecule has 0 aromatic heterocycles. The molecule has 8 heteroatoms. The minimum atomic E-state index is -2.97. The van der Waals surface area contributed by atoms with E-state index >= 15 is 0 Å². The van der Waals surface area contributed by atoms with Crippen LogP contribution >= 0.6 is 24.0 Å². The predicted molar refractivity (Wildman–Crippen MR) is 119 cm³/mol. The van der Waals surface area contributed by atoms with E-state index < -0.39 is 9.84 Å². The molecule has 2 N–H and O–H groups in total. The van der Waals surface area contributed by atoms with Gasteiger partial charge in [-0.1, -0.05) is 30.3 Å². The molecular formula is C18H26IN3O3S. The third kappa shape index (κ3) is 8.22. The molecule has 0 aliphatic carbocycles. The SMILES string of the molecule is CN=C(NCCCOc1ccc2ccccc2c1)NCCS(C)(=O)=O.I. The van der Waals surface area contributed by atoms with Crippen molar-refractivity contribution in [2.45, 2.75) is 6.42 Å². The van der Waals surface area contributed by atoms with Crippen molar-refractivity contribution < 1.29 is 13.2 Å². The smallest absolute Gasteiger partial charge is 0.191 e. The summed E-state index contributed by atoms with van der Waals surface area (Å²) in [6.45, 7) is 1.61. The Hall–Kier alpha value is -1.55. The van der Waals surface area contributed by atoms with Gasteiger partial charge < -0.3 is 15.4 Å². The summed E-state index contributed by atoms with van der Waals surface area (Å²) in [5, 5.41) is 8.46. The van der Waals surface area contributed by atoms with Crippen LogP contribution in [0.3, 0.4) is 0 Å². The number of sulfone groups is 1. The van der Waals surface area contributed by atoms with Crippen LogP contribution in [0.1, 0.15) is 6.42 Å². The summed E-state index contributed by atoms with van der Waals surface area (Å²) in [6.07, 6.45) is 2.02. The minimum absolute atomic E-state index is 0. The monoisotopic (exact) mass is 491 g/mol. The van der Waals surface area contributed by atoms with E-state index in [9.17, 15) is 8.42 Å². The zero-order valence-electron chi connectivity index (χ0n) is 15.1. The quantitative estimate of drug-likeness (QED) is 0.257. The van der Waals surface area contributed by atoms with Crippen LogP contribution in [0.15, 0.2) is 47.5 Å². The summed E-state index contributed by atoms with van der Waals surface area (Å²) in [6, 6.07) is 14.2. The molecule has 0 bridgehead atoms. The molecule has 0 aliphatic heterocycles. The van der Waals surface area contributed by atoms with Crippen molar-refractivity contribution in [3.8, 4) is 5.75 Å². The molecule has 0 saturated carbocycles. The van der Waals surface area contributed by atoms with Crippen molar-refractivity contribution in [3.63, 3.8) is 0 Å². The van der Waals surface area contributed by atoms with Crippen LogP contribution in [0.4, 0.5) is 0 Å². The number of fused-ring (bicyclic) bond motifs is 1. The number of halogens is 1. The fourth-order valence-corrected chi connectivity index (χ4v) is 2.77. The van der Waals surface area contributed by atoms with Crippen molar-refractivity contribution >= 4 is 50.5 Å². The Bertz CT molecular complexity index is 825. The van der Waals surface area contributed by atoms with Gasteiger partial charge in [-0.3, -0.25) is 4.99 Å². The van der Waals surface area contributed by atoms with E-state index in [1.165, 1.54) is 11.6 Å². The van der Waals surface area contributed by atoms with Crippen LogP contribution < -0.4 is 15.4 Å². The van der Waals surface area contributed by atoms with Gasteiger partial charge in [0.05, 0.1) is 12.4 Å². The van der Waals surface area contributed by atoms with Gasteiger partial charge in [-0.2, -0.15) is 0 Å². The zero-order chi connectivity index (χ0) is 18.1. The molecule has 2 rings (SSSR count). The molecule has 0 radical (unpaired) electrons. The number of nitrogens with zero attached hydrogens (tertiary/aromatic N) is 1. The molecule has 0 heterocycles. The first-order valence-corrected chi connectivity index (χ1v) is 10.3. The molecular weight excluding hydrogens is 465 g/mol. The second-order valence-electron chi connectivity index (χ2n) is 5.77. The predicted octanol–water partition coefficient (Wildman–Crippen LogP) is 2.44. The maximum atomic E-state index is 11.1. The van der Waals surface area contributed by atoms with E-state index in [0.717, 1.165) is 17.6 Å². The topological polar surface area (TPSA) is 79.8 Å². The maximum Gasteiger partial charge on any atom is 0.191 e. The van der Waals surface area contributed by atoms with Gasteiger partial charge in [0.1, 0.15) is 15.6 Å². The highest BCUT2D eigenvalue weighted by Gasteiger charge is 2.03. The van der Waals surface area contributed by atoms with Crippen molar-refractivity contribution in [1.82, 2.24) is 10.6 Å². The Morgan fingerprint density at radius 2 is 1.77 bits per heavy atom. The Balaban J connectivity index is 0.00000338. The lowest BCUT2D eigenvalue weighted by Gasteiger charge is -2.12. The van der Waals surface area contributed by atoms with Crippen LogP contribution in [0.25, 0.3) is 10.8 Å². The maximum absolute atomic E-state index is 11.1. The molecule has 0 saturated heterocycles. The number of aliphatic imine (C=N–C) groups is 1. The van der Waals surface area contributed by atoms with Gasteiger partial charge in [0, 0.05) is 26.4 Å². The number of ether oxygens (including phenoxy) is 1.